The van der Waals surface area contributed by atoms with Crippen molar-refractivity contribution in [1.29, 1.82) is 0 Å². The number of fused-ring (bicyclic) bond motifs is 4. The van der Waals surface area contributed by atoms with E-state index in [4.69, 9.17) is 23.0 Å². The molecule has 1 aliphatic heterocycles. The molecule has 19 nitrogen and oxygen atoms in total. The first-order valence-corrected chi connectivity index (χ1v) is 27.8. The van der Waals surface area contributed by atoms with Gasteiger partial charge in [-0.3, -0.25) is 23.2 Å². The van der Waals surface area contributed by atoms with E-state index in [0.29, 0.717) is 19.3 Å². The Morgan fingerprint density at radius 3 is 2.14 bits per heavy atom. The molecule has 1 aliphatic carbocycles. The number of unbranched alkanes of at least 4 members (excludes halogenated alkanes) is 6. The molecular formula is C49H82O19P2. The first-order chi connectivity index (χ1) is 33.3. The predicted octanol–water partition coefficient (Wildman–Crippen LogP) is 6.00. The maximum Gasteiger partial charge on any atom is 0.472 e. The van der Waals surface area contributed by atoms with Crippen molar-refractivity contribution in [2.45, 2.75) is 197 Å². The first-order valence-electron chi connectivity index (χ1n) is 24.7. The summed E-state index contributed by atoms with van der Waals surface area (Å²) in [5.41, 5.74) is 0. The number of phosphoric ester groups is 2. The van der Waals surface area contributed by atoms with Crippen LogP contribution in [0, 0.1) is 11.8 Å². The molecule has 0 saturated heterocycles. The van der Waals surface area contributed by atoms with E-state index in [-0.39, 0.29) is 38.5 Å². The fourth-order valence-corrected chi connectivity index (χ4v) is 9.42. The highest BCUT2D eigenvalue weighted by Crippen LogP contribution is 2.50. The normalized spacial score (nSPS) is 31.8. The second-order valence-electron chi connectivity index (χ2n) is 17.8. The van der Waals surface area contributed by atoms with E-state index < -0.39 is 120 Å². The topological polar surface area (TPSA) is 317 Å². The zero-order chi connectivity index (χ0) is 52.0. The Bertz CT molecular complexity index is 1750. The van der Waals surface area contributed by atoms with Gasteiger partial charge in [0.15, 0.2) is 6.10 Å². The van der Waals surface area contributed by atoms with Gasteiger partial charge in [0.25, 0.3) is 0 Å². The van der Waals surface area contributed by atoms with Gasteiger partial charge in [-0.05, 0) is 70.6 Å². The highest BCUT2D eigenvalue weighted by molar-refractivity contribution is 7.47. The molecule has 70 heavy (non-hydrogen) atoms. The van der Waals surface area contributed by atoms with E-state index in [9.17, 15) is 69.1 Å². The minimum atomic E-state index is -5.78. The van der Waals surface area contributed by atoms with E-state index in [1.54, 1.807) is 6.08 Å². The van der Waals surface area contributed by atoms with Crippen LogP contribution in [0.2, 0.25) is 0 Å². The largest absolute Gasteiger partial charge is 0.472 e. The molecule has 1 heterocycles. The Balaban J connectivity index is 2.32. The number of hydrogen-bond donors (Lipinski definition) is 10. The van der Waals surface area contributed by atoms with E-state index in [2.05, 4.69) is 55.5 Å². The third-order valence-corrected chi connectivity index (χ3v) is 13.3. The minimum absolute atomic E-state index is 0.0608. The second kappa shape index (κ2) is 35.5. The molecule has 0 spiro atoms. The third kappa shape index (κ3) is 26.9. The molecule has 10 N–H and O–H groups in total. The summed E-state index contributed by atoms with van der Waals surface area (Å²) in [6, 6.07) is 0. The lowest BCUT2D eigenvalue weighted by atomic mass is 9.83. The Morgan fingerprint density at radius 2 is 1.49 bits per heavy atom. The molecule has 2 aliphatic rings. The summed E-state index contributed by atoms with van der Waals surface area (Å²) < 4.78 is 52.3. The predicted molar refractivity (Wildman–Crippen MR) is 261 cm³/mol. The summed E-state index contributed by atoms with van der Waals surface area (Å²) in [7, 11) is -11.5. The van der Waals surface area contributed by atoms with Gasteiger partial charge in [-0.25, -0.2) is 9.13 Å². The Hall–Kier alpha value is -2.68. The maximum absolute atomic E-state index is 13.8. The van der Waals surface area contributed by atoms with Gasteiger partial charge < -0.3 is 59.9 Å². The summed E-state index contributed by atoms with van der Waals surface area (Å²) in [6.07, 6.45) is 10.7. The quantitative estimate of drug-likeness (QED) is 0.0243. The SMILES string of the molecule is CC/C=C\C/C=C\C/C=C\C/C=C\CCCCCCC(=O)O[C@@H]1COC(=O)CCC/C=C/C[C@@H]2[C@@H](O)[C@H](O)[C@@H](O)[C@H](OP(=O)(O)OC1)[C@H](OP(=O)(O)O)[C@H](O)[C@@H](/C=C/[C@@H](O)CCCCC)[C@H](O)C[C@@H]2O. The molecule has 2 bridgehead atoms. The number of aliphatic hydroxyl groups is 7. The molecule has 0 radical (unpaired) electrons. The van der Waals surface area contributed by atoms with Gasteiger partial charge >= 0.3 is 27.6 Å². The third-order valence-electron chi connectivity index (χ3n) is 11.8. The maximum atomic E-state index is 13.8. The Morgan fingerprint density at radius 1 is 0.829 bits per heavy atom. The van der Waals surface area contributed by atoms with Crippen LogP contribution >= 0.6 is 15.6 Å². The average molecular weight is 1040 g/mol. The average Bonchev–Trinajstić information content (AvgIpc) is 3.30. The van der Waals surface area contributed by atoms with Crippen molar-refractivity contribution in [3.05, 3.63) is 72.9 Å². The van der Waals surface area contributed by atoms with Crippen LogP contribution in [0.1, 0.15) is 136 Å². The molecule has 1 fully saturated rings. The van der Waals surface area contributed by atoms with Gasteiger partial charge in [-0.1, -0.05) is 119 Å². The number of carbonyl (C=O) groups excluding carboxylic acids is 2. The number of esters is 2. The number of aliphatic hydroxyl groups excluding tert-OH is 7. The zero-order valence-corrected chi connectivity index (χ0v) is 42.5. The number of ether oxygens (including phenoxy) is 2. The lowest BCUT2D eigenvalue weighted by Crippen LogP contribution is -2.56. The fraction of sp³-hybridized carbons (Fsp3) is 0.714. The van der Waals surface area contributed by atoms with Crippen LogP contribution in [0.15, 0.2) is 72.9 Å². The number of carbonyl (C=O) groups is 2. The highest BCUT2D eigenvalue weighted by Gasteiger charge is 2.51. The monoisotopic (exact) mass is 1040 g/mol. The van der Waals surface area contributed by atoms with Crippen molar-refractivity contribution >= 4 is 27.6 Å². The number of allylic oxidation sites excluding steroid dienone is 10. The number of phosphoric acid groups is 2. The molecule has 1 saturated carbocycles. The minimum Gasteiger partial charge on any atom is -0.462 e. The van der Waals surface area contributed by atoms with Crippen LogP contribution in [0.3, 0.4) is 0 Å². The first kappa shape index (κ1) is 63.4. The van der Waals surface area contributed by atoms with Crippen molar-refractivity contribution in [1.82, 2.24) is 0 Å². The van der Waals surface area contributed by atoms with Crippen molar-refractivity contribution < 1.29 is 92.2 Å². The van der Waals surface area contributed by atoms with Crippen LogP contribution < -0.4 is 0 Å². The summed E-state index contributed by atoms with van der Waals surface area (Å²) >= 11 is 0. The van der Waals surface area contributed by atoms with Crippen molar-refractivity contribution in [3.63, 3.8) is 0 Å². The lowest BCUT2D eigenvalue weighted by molar-refractivity contribution is -0.165. The molecule has 0 aromatic heterocycles. The lowest BCUT2D eigenvalue weighted by Gasteiger charge is -2.38. The number of rotatable bonds is 23. The van der Waals surface area contributed by atoms with Gasteiger partial charge in [0.1, 0.15) is 31.0 Å². The van der Waals surface area contributed by atoms with Crippen molar-refractivity contribution in [3.8, 4) is 0 Å². The van der Waals surface area contributed by atoms with Crippen LogP contribution in [0.5, 0.6) is 0 Å². The van der Waals surface area contributed by atoms with Gasteiger partial charge in [-0.2, -0.15) is 0 Å². The molecule has 0 amide bonds. The smallest absolute Gasteiger partial charge is 0.462 e. The summed E-state index contributed by atoms with van der Waals surface area (Å²) in [5, 5.41) is 79.8. The highest BCUT2D eigenvalue weighted by atomic mass is 31.2. The summed E-state index contributed by atoms with van der Waals surface area (Å²) in [5.74, 6) is -4.57. The van der Waals surface area contributed by atoms with Crippen LogP contribution in [-0.2, 0) is 41.8 Å². The molecule has 13 atom stereocenters. The van der Waals surface area contributed by atoms with Gasteiger partial charge in [-0.15, -0.1) is 0 Å². The zero-order valence-electron chi connectivity index (χ0n) is 40.7. The van der Waals surface area contributed by atoms with Crippen molar-refractivity contribution in [2.75, 3.05) is 13.2 Å². The Labute approximate surface area is 413 Å². The molecule has 1 unspecified atom stereocenters. The summed E-state index contributed by atoms with van der Waals surface area (Å²) in [4.78, 5) is 56.8. The van der Waals surface area contributed by atoms with Crippen LogP contribution in [0.4, 0.5) is 0 Å². The van der Waals surface area contributed by atoms with Crippen LogP contribution in [-0.4, -0.2) is 137 Å². The molecule has 2 rings (SSSR count). The van der Waals surface area contributed by atoms with Crippen LogP contribution in [0.25, 0.3) is 0 Å². The van der Waals surface area contributed by atoms with Gasteiger partial charge in [0, 0.05) is 31.1 Å². The van der Waals surface area contributed by atoms with Crippen molar-refractivity contribution in [2.24, 2.45) is 11.8 Å². The van der Waals surface area contributed by atoms with E-state index in [0.717, 1.165) is 63.9 Å². The molecule has 0 aromatic rings. The molecular weight excluding hydrogens is 954 g/mol. The van der Waals surface area contributed by atoms with E-state index in [1.807, 2.05) is 6.92 Å². The number of hydrogen-bond acceptors (Lipinski definition) is 16. The van der Waals surface area contributed by atoms with E-state index >= 15 is 0 Å². The van der Waals surface area contributed by atoms with Gasteiger partial charge in [0.05, 0.1) is 37.1 Å². The van der Waals surface area contributed by atoms with E-state index in [1.165, 1.54) is 12.2 Å². The standard InChI is InChI=1S/C49H82O19P2/c1-3-5-7-8-9-10-11-12-13-14-15-16-17-18-19-20-26-30-43(54)66-37-34-64-42(53)29-25-22-21-24-28-38-40(51)33-41(52)39(32-31-36(50)27-23-6-4-2)45(56)48(67-69(59,60)61)49(47(58)46(57)44(38)55)68-70(62,63)65-35-37/h5,7,9-10,12-13,15-16,21,24,31-32,36-41,44-52,55-58H,3-4,6,8,11,14,17-20,22-23,25-30,33-35H2,1-2H3,(H,62,63)(H2,59,60,61)/b7-5-,10-9-,13-12-,16-15-,24-21+,32-31+/t36-,37+,38-,39-,40-,41+,44+,45+,46-,47+,48+,49-/m0/s1. The molecule has 21 heteroatoms. The number of cyclic esters (lactones) is 1. The Kier molecular flexibility index (Phi) is 32.1. The summed E-state index contributed by atoms with van der Waals surface area (Å²) in [6.45, 7) is 2.43. The second-order valence-corrected chi connectivity index (χ2v) is 20.4. The van der Waals surface area contributed by atoms with Gasteiger partial charge in [0.2, 0.25) is 0 Å². The fourth-order valence-electron chi connectivity index (χ4n) is 7.89. The molecule has 402 valence electrons. The molecule has 0 aromatic carbocycles.